The van der Waals surface area contributed by atoms with Crippen molar-refractivity contribution >= 4 is 17.5 Å². The molecule has 0 aromatic carbocycles. The fraction of sp³-hybridized carbons (Fsp3) is 0.758. The van der Waals surface area contributed by atoms with E-state index in [2.05, 4.69) is 46.0 Å². The van der Waals surface area contributed by atoms with Gasteiger partial charge in [0.1, 0.15) is 6.07 Å². The first kappa shape index (κ1) is 28.3. The first-order valence-electron chi connectivity index (χ1n) is 14.9. The summed E-state index contributed by atoms with van der Waals surface area (Å²) in [4.78, 5) is 41.5. The van der Waals surface area contributed by atoms with Crippen LogP contribution < -0.4 is 5.32 Å². The van der Waals surface area contributed by atoms with Crippen LogP contribution in [0.5, 0.6) is 0 Å². The lowest BCUT2D eigenvalue weighted by Gasteiger charge is -2.69. The van der Waals surface area contributed by atoms with Crippen LogP contribution in [-0.2, 0) is 14.4 Å². The average molecular weight is 535 g/mol. The Morgan fingerprint density at radius 3 is 2.36 bits per heavy atom. The molecule has 5 aliphatic rings. The van der Waals surface area contributed by atoms with Crippen LogP contribution in [0.2, 0.25) is 0 Å². The van der Waals surface area contributed by atoms with Gasteiger partial charge in [-0.2, -0.15) is 5.26 Å². The minimum atomic E-state index is -0.683. The molecule has 3 fully saturated rings. The quantitative estimate of drug-likeness (QED) is 0.510. The molecule has 0 radical (unpaired) electrons. The number of nitrogens with zero attached hydrogens (tertiary/aromatic N) is 1. The zero-order valence-corrected chi connectivity index (χ0v) is 24.9. The molecule has 7 atom stereocenters. The van der Waals surface area contributed by atoms with Crippen LogP contribution in [0.3, 0.4) is 0 Å². The summed E-state index contributed by atoms with van der Waals surface area (Å²) in [6, 6.07) is 2.17. The predicted octanol–water partition coefficient (Wildman–Crippen LogP) is 5.31. The summed E-state index contributed by atoms with van der Waals surface area (Å²) in [6.07, 6.45) is 9.54. The van der Waals surface area contributed by atoms with Gasteiger partial charge in [-0.1, -0.05) is 60.1 Å². The molecule has 39 heavy (non-hydrogen) atoms. The molecular weight excluding hydrogens is 488 g/mol. The second-order valence-electron chi connectivity index (χ2n) is 15.4. The number of carbonyl (C=O) groups is 3. The SMILES string of the molecule is CC1(C)CCC2(C(=O)NCCO)CCC3(C)C(C(=O)C=C4C5(C)C=C(C#N)C(=O)C(C)(C)C5CCC43C)C2C1. The van der Waals surface area contributed by atoms with Crippen molar-refractivity contribution in [2.45, 2.75) is 93.4 Å². The molecule has 1 amide bonds. The average Bonchev–Trinajstić information content (AvgIpc) is 2.86. The Morgan fingerprint density at radius 2 is 1.72 bits per heavy atom. The van der Waals surface area contributed by atoms with E-state index in [1.54, 1.807) is 0 Å². The Hall–Kier alpha value is -2.26. The van der Waals surface area contributed by atoms with E-state index in [9.17, 15) is 24.8 Å². The number of ketones is 2. The Kier molecular flexibility index (Phi) is 6.25. The molecule has 6 heteroatoms. The van der Waals surface area contributed by atoms with Crippen molar-refractivity contribution in [1.82, 2.24) is 5.32 Å². The Labute approximate surface area is 233 Å². The van der Waals surface area contributed by atoms with Gasteiger partial charge in [0.2, 0.25) is 5.91 Å². The number of nitriles is 1. The van der Waals surface area contributed by atoms with E-state index < -0.39 is 16.2 Å². The highest BCUT2D eigenvalue weighted by Crippen LogP contribution is 2.74. The predicted molar refractivity (Wildman–Crippen MR) is 149 cm³/mol. The standard InChI is InChI=1S/C33H46N2O4/c1-28(2)10-12-33(27(39)35-14-15-36)13-11-32(7)25(21(33)18-28)22(37)16-24-30(5)17-20(19-34)26(38)29(3,4)23(30)8-9-31(24,32)6/h16-17,21,23,25,36H,8-15,18H2,1-7H3,(H,35,39). The van der Waals surface area contributed by atoms with Gasteiger partial charge in [0.25, 0.3) is 0 Å². The molecule has 0 saturated heterocycles. The minimum absolute atomic E-state index is 0.00311. The number of Topliss-reactive ketones (excluding diaryl/α,β-unsaturated/α-hetero) is 1. The second kappa shape index (κ2) is 8.62. The topological polar surface area (TPSA) is 107 Å². The summed E-state index contributed by atoms with van der Waals surface area (Å²) in [7, 11) is 0. The largest absolute Gasteiger partial charge is 0.395 e. The number of nitrogens with one attached hydrogen (secondary N) is 1. The summed E-state index contributed by atoms with van der Waals surface area (Å²) in [6.45, 7) is 15.3. The van der Waals surface area contributed by atoms with E-state index >= 15 is 0 Å². The molecule has 5 aliphatic carbocycles. The van der Waals surface area contributed by atoms with Gasteiger partial charge in [-0.05, 0) is 79.1 Å². The molecule has 212 valence electrons. The van der Waals surface area contributed by atoms with E-state index in [0.29, 0.717) is 0 Å². The second-order valence-corrected chi connectivity index (χ2v) is 15.4. The fourth-order valence-corrected chi connectivity index (χ4v) is 10.4. The van der Waals surface area contributed by atoms with Gasteiger partial charge >= 0.3 is 0 Å². The van der Waals surface area contributed by atoms with E-state index in [1.165, 1.54) is 0 Å². The van der Waals surface area contributed by atoms with E-state index in [4.69, 9.17) is 0 Å². The van der Waals surface area contributed by atoms with E-state index in [-0.39, 0.29) is 70.2 Å². The van der Waals surface area contributed by atoms with Gasteiger partial charge in [0, 0.05) is 23.3 Å². The molecule has 3 saturated carbocycles. The van der Waals surface area contributed by atoms with Gasteiger partial charge < -0.3 is 10.4 Å². The van der Waals surface area contributed by atoms with Gasteiger partial charge in [0.05, 0.1) is 17.6 Å². The van der Waals surface area contributed by atoms with Crippen molar-refractivity contribution in [3.05, 3.63) is 23.3 Å². The molecule has 0 aromatic rings. The lowest BCUT2D eigenvalue weighted by Crippen LogP contribution is -2.66. The summed E-state index contributed by atoms with van der Waals surface area (Å²) in [5.74, 6) is -0.309. The number of amides is 1. The third-order valence-electron chi connectivity index (χ3n) is 12.7. The van der Waals surface area contributed by atoms with E-state index in [0.717, 1.165) is 50.5 Å². The minimum Gasteiger partial charge on any atom is -0.395 e. The highest BCUT2D eigenvalue weighted by molar-refractivity contribution is 6.04. The molecular formula is C33H46N2O4. The Morgan fingerprint density at radius 1 is 1.05 bits per heavy atom. The van der Waals surface area contributed by atoms with Gasteiger partial charge in [-0.3, -0.25) is 14.4 Å². The number of hydrogen-bond donors (Lipinski definition) is 2. The molecule has 6 nitrogen and oxygen atoms in total. The van der Waals surface area contributed by atoms with Gasteiger partial charge in [-0.15, -0.1) is 0 Å². The zero-order chi connectivity index (χ0) is 28.8. The Bertz CT molecular complexity index is 1240. The lowest BCUT2D eigenvalue weighted by atomic mass is 9.34. The summed E-state index contributed by atoms with van der Waals surface area (Å²) in [5.41, 5.74) is -1.14. The molecule has 5 rings (SSSR count). The number of fused-ring (bicyclic) bond motifs is 7. The monoisotopic (exact) mass is 534 g/mol. The van der Waals surface area contributed by atoms with Crippen molar-refractivity contribution in [3.8, 4) is 6.07 Å². The highest BCUT2D eigenvalue weighted by Gasteiger charge is 2.70. The molecule has 7 unspecified atom stereocenters. The van der Waals surface area contributed by atoms with Crippen molar-refractivity contribution in [3.63, 3.8) is 0 Å². The third-order valence-corrected chi connectivity index (χ3v) is 12.7. The maximum Gasteiger partial charge on any atom is 0.226 e. The number of carbonyl (C=O) groups excluding carboxylic acids is 3. The van der Waals surface area contributed by atoms with E-state index in [1.807, 2.05) is 26.0 Å². The summed E-state index contributed by atoms with van der Waals surface area (Å²) >= 11 is 0. The first-order chi connectivity index (χ1) is 18.0. The third kappa shape index (κ3) is 3.57. The van der Waals surface area contributed by atoms with Crippen molar-refractivity contribution in [2.75, 3.05) is 13.2 Å². The van der Waals surface area contributed by atoms with Gasteiger partial charge in [-0.25, -0.2) is 0 Å². The summed E-state index contributed by atoms with van der Waals surface area (Å²) in [5, 5.41) is 22.3. The zero-order valence-electron chi connectivity index (χ0n) is 24.9. The molecule has 0 bridgehead atoms. The maximum absolute atomic E-state index is 14.5. The molecule has 0 heterocycles. The van der Waals surface area contributed by atoms with Crippen molar-refractivity contribution in [2.24, 2.45) is 50.2 Å². The number of hydrogen-bond acceptors (Lipinski definition) is 5. The maximum atomic E-state index is 14.5. The van der Waals surface area contributed by atoms with Crippen LogP contribution in [0.1, 0.15) is 93.4 Å². The van der Waals surface area contributed by atoms with Gasteiger partial charge in [0.15, 0.2) is 11.6 Å². The summed E-state index contributed by atoms with van der Waals surface area (Å²) < 4.78 is 0. The van der Waals surface area contributed by atoms with Crippen LogP contribution in [0.15, 0.2) is 23.3 Å². The van der Waals surface area contributed by atoms with Crippen molar-refractivity contribution < 1.29 is 19.5 Å². The first-order valence-corrected chi connectivity index (χ1v) is 14.9. The number of aliphatic hydroxyl groups excluding tert-OH is 1. The smallest absolute Gasteiger partial charge is 0.226 e. The number of allylic oxidation sites excluding steroid dienone is 4. The lowest BCUT2D eigenvalue weighted by molar-refractivity contribution is -0.178. The fourth-order valence-electron chi connectivity index (χ4n) is 10.4. The number of aliphatic hydroxyl groups is 1. The number of rotatable bonds is 3. The molecule has 0 aliphatic heterocycles. The highest BCUT2D eigenvalue weighted by atomic mass is 16.3. The van der Waals surface area contributed by atoms with Crippen LogP contribution in [0, 0.1) is 61.6 Å². The van der Waals surface area contributed by atoms with Crippen molar-refractivity contribution in [1.29, 1.82) is 5.26 Å². The molecule has 0 spiro atoms. The normalized spacial score (nSPS) is 43.9. The Balaban J connectivity index is 1.67. The van der Waals surface area contributed by atoms with Crippen LogP contribution in [0.25, 0.3) is 0 Å². The van der Waals surface area contributed by atoms with Crippen LogP contribution in [0.4, 0.5) is 0 Å². The molecule has 0 aromatic heterocycles. The van der Waals surface area contributed by atoms with Crippen LogP contribution >= 0.6 is 0 Å². The van der Waals surface area contributed by atoms with Crippen LogP contribution in [-0.4, -0.2) is 35.7 Å². The molecule has 2 N–H and O–H groups in total.